The molecule has 0 aliphatic rings. The molecule has 1 heterocycles. The van der Waals surface area contributed by atoms with Crippen molar-refractivity contribution in [2.24, 2.45) is 4.99 Å². The van der Waals surface area contributed by atoms with E-state index < -0.39 is 0 Å². The number of aromatic amines is 1. The van der Waals surface area contributed by atoms with Crippen LogP contribution < -0.4 is 10.6 Å². The van der Waals surface area contributed by atoms with Crippen molar-refractivity contribution in [3.63, 3.8) is 0 Å². The molecule has 3 N–H and O–H groups in total. The highest BCUT2D eigenvalue weighted by Gasteiger charge is 2.03. The van der Waals surface area contributed by atoms with Gasteiger partial charge in [-0.05, 0) is 29.3 Å². The fourth-order valence-corrected chi connectivity index (χ4v) is 2.41. The van der Waals surface area contributed by atoms with Crippen LogP contribution in [-0.2, 0) is 13.1 Å². The van der Waals surface area contributed by atoms with Gasteiger partial charge in [0.25, 0.3) is 0 Å². The summed E-state index contributed by atoms with van der Waals surface area (Å²) in [7, 11) is 1.70. The number of halogens is 1. The molecule has 3 rings (SSSR count). The van der Waals surface area contributed by atoms with Crippen molar-refractivity contribution < 1.29 is 4.39 Å². The molecule has 1 aromatic heterocycles. The topological polar surface area (TPSA) is 78.0 Å². The lowest BCUT2D eigenvalue weighted by Gasteiger charge is -2.12. The third-order valence-corrected chi connectivity index (χ3v) is 3.65. The van der Waals surface area contributed by atoms with E-state index in [1.54, 1.807) is 13.1 Å². The van der Waals surface area contributed by atoms with Gasteiger partial charge in [0.05, 0.1) is 0 Å². The number of hydrogen-bond donors (Lipinski definition) is 3. The molecule has 0 fully saturated rings. The SMILES string of the molecule is CN=C(NCc1cccc(F)c1)NCc1cccc(-c2ncn[nH]2)c1. The lowest BCUT2D eigenvalue weighted by molar-refractivity contribution is 0.624. The van der Waals surface area contributed by atoms with E-state index >= 15 is 0 Å². The Kier molecular flexibility index (Phi) is 5.36. The first-order valence-electron chi connectivity index (χ1n) is 7.88. The molecule has 0 aliphatic heterocycles. The minimum atomic E-state index is -0.244. The molecule has 3 aromatic rings. The monoisotopic (exact) mass is 338 g/mol. The Morgan fingerprint density at radius 2 is 1.80 bits per heavy atom. The lowest BCUT2D eigenvalue weighted by atomic mass is 10.1. The molecular weight excluding hydrogens is 319 g/mol. The first kappa shape index (κ1) is 16.6. The van der Waals surface area contributed by atoms with Gasteiger partial charge in [-0.2, -0.15) is 5.10 Å². The summed E-state index contributed by atoms with van der Waals surface area (Å²) in [5.74, 6) is 1.14. The molecule has 0 radical (unpaired) electrons. The predicted molar refractivity (Wildman–Crippen MR) is 95.3 cm³/mol. The molecule has 25 heavy (non-hydrogen) atoms. The van der Waals surface area contributed by atoms with Crippen molar-refractivity contribution in [2.45, 2.75) is 13.1 Å². The van der Waals surface area contributed by atoms with Crippen molar-refractivity contribution in [1.29, 1.82) is 0 Å². The van der Waals surface area contributed by atoms with Crippen molar-refractivity contribution in [3.8, 4) is 11.4 Å². The first-order chi connectivity index (χ1) is 12.2. The van der Waals surface area contributed by atoms with Gasteiger partial charge < -0.3 is 10.6 Å². The summed E-state index contributed by atoms with van der Waals surface area (Å²) in [4.78, 5) is 8.34. The van der Waals surface area contributed by atoms with Crippen LogP contribution in [0.5, 0.6) is 0 Å². The Morgan fingerprint density at radius 3 is 2.44 bits per heavy atom. The summed E-state index contributed by atoms with van der Waals surface area (Å²) >= 11 is 0. The molecule has 0 saturated heterocycles. The minimum Gasteiger partial charge on any atom is -0.352 e. The summed E-state index contributed by atoms with van der Waals surface area (Å²) in [6, 6.07) is 14.5. The highest BCUT2D eigenvalue weighted by molar-refractivity contribution is 5.79. The van der Waals surface area contributed by atoms with E-state index in [9.17, 15) is 4.39 Å². The minimum absolute atomic E-state index is 0.244. The third-order valence-electron chi connectivity index (χ3n) is 3.65. The maximum Gasteiger partial charge on any atom is 0.191 e. The number of nitrogens with zero attached hydrogens (tertiary/aromatic N) is 3. The van der Waals surface area contributed by atoms with Gasteiger partial charge in [0, 0.05) is 25.7 Å². The quantitative estimate of drug-likeness (QED) is 0.493. The normalized spacial score (nSPS) is 11.4. The average molecular weight is 338 g/mol. The zero-order valence-corrected chi connectivity index (χ0v) is 13.8. The van der Waals surface area contributed by atoms with Crippen LogP contribution >= 0.6 is 0 Å². The Bertz CT molecular complexity index is 844. The van der Waals surface area contributed by atoms with Gasteiger partial charge in [0.15, 0.2) is 11.8 Å². The molecule has 0 spiro atoms. The number of rotatable bonds is 5. The second-order valence-electron chi connectivity index (χ2n) is 5.44. The van der Waals surface area contributed by atoms with E-state index in [4.69, 9.17) is 0 Å². The molecule has 2 aromatic carbocycles. The van der Waals surface area contributed by atoms with E-state index in [1.165, 1.54) is 18.5 Å². The number of aromatic nitrogens is 3. The van der Waals surface area contributed by atoms with Crippen LogP contribution in [0, 0.1) is 5.82 Å². The van der Waals surface area contributed by atoms with E-state index in [0.29, 0.717) is 19.0 Å². The Labute approximate surface area is 145 Å². The number of benzene rings is 2. The lowest BCUT2D eigenvalue weighted by Crippen LogP contribution is -2.36. The second-order valence-corrected chi connectivity index (χ2v) is 5.44. The molecule has 6 nitrogen and oxygen atoms in total. The average Bonchev–Trinajstić information content (AvgIpc) is 3.17. The Hall–Kier alpha value is -3.22. The number of nitrogens with one attached hydrogen (secondary N) is 3. The van der Waals surface area contributed by atoms with Crippen molar-refractivity contribution in [3.05, 3.63) is 71.8 Å². The van der Waals surface area contributed by atoms with Gasteiger partial charge in [0.1, 0.15) is 12.1 Å². The fraction of sp³-hybridized carbons (Fsp3) is 0.167. The Morgan fingerprint density at radius 1 is 1.08 bits per heavy atom. The van der Waals surface area contributed by atoms with Crippen LogP contribution in [0.1, 0.15) is 11.1 Å². The van der Waals surface area contributed by atoms with Gasteiger partial charge >= 0.3 is 0 Å². The standard InChI is InChI=1S/C18H19FN6/c1-20-18(22-11-14-5-3-7-16(19)9-14)21-10-13-4-2-6-15(8-13)17-23-12-24-25-17/h2-9,12H,10-11H2,1H3,(H2,20,21,22)(H,23,24,25). The maximum absolute atomic E-state index is 13.2. The van der Waals surface area contributed by atoms with E-state index in [-0.39, 0.29) is 5.82 Å². The molecule has 0 bridgehead atoms. The van der Waals surface area contributed by atoms with E-state index in [0.717, 1.165) is 22.5 Å². The van der Waals surface area contributed by atoms with Gasteiger partial charge in [-0.3, -0.25) is 10.1 Å². The summed E-state index contributed by atoms with van der Waals surface area (Å²) in [6.07, 6.45) is 1.48. The summed E-state index contributed by atoms with van der Waals surface area (Å²) in [5, 5.41) is 13.1. The number of H-pyrrole nitrogens is 1. The van der Waals surface area contributed by atoms with E-state index in [2.05, 4.69) is 30.8 Å². The third kappa shape index (κ3) is 4.63. The predicted octanol–water partition coefficient (Wildman–Crippen LogP) is 2.48. The van der Waals surface area contributed by atoms with Crippen molar-refractivity contribution >= 4 is 5.96 Å². The maximum atomic E-state index is 13.2. The van der Waals surface area contributed by atoms with Gasteiger partial charge in [-0.25, -0.2) is 9.37 Å². The highest BCUT2D eigenvalue weighted by atomic mass is 19.1. The smallest absolute Gasteiger partial charge is 0.191 e. The molecule has 0 aliphatic carbocycles. The van der Waals surface area contributed by atoms with Gasteiger partial charge in [-0.15, -0.1) is 0 Å². The van der Waals surface area contributed by atoms with E-state index in [1.807, 2.05) is 30.3 Å². The Balaban J connectivity index is 1.57. The van der Waals surface area contributed by atoms with Crippen LogP contribution in [-0.4, -0.2) is 28.2 Å². The molecule has 7 heteroatoms. The summed E-state index contributed by atoms with van der Waals surface area (Å²) in [6.45, 7) is 1.10. The molecule has 0 atom stereocenters. The zero-order chi connectivity index (χ0) is 17.5. The van der Waals surface area contributed by atoms with Crippen molar-refractivity contribution in [1.82, 2.24) is 25.8 Å². The molecular formula is C18H19FN6. The molecule has 0 saturated carbocycles. The molecule has 0 amide bonds. The zero-order valence-electron chi connectivity index (χ0n) is 13.8. The van der Waals surface area contributed by atoms with Crippen LogP contribution in [0.3, 0.4) is 0 Å². The highest BCUT2D eigenvalue weighted by Crippen LogP contribution is 2.15. The number of hydrogen-bond acceptors (Lipinski definition) is 3. The largest absolute Gasteiger partial charge is 0.352 e. The van der Waals surface area contributed by atoms with Gasteiger partial charge in [-0.1, -0.05) is 30.3 Å². The number of guanidine groups is 1. The summed E-state index contributed by atoms with van der Waals surface area (Å²) in [5.41, 5.74) is 2.91. The van der Waals surface area contributed by atoms with Crippen LogP contribution in [0.15, 0.2) is 59.9 Å². The van der Waals surface area contributed by atoms with Crippen LogP contribution in [0.2, 0.25) is 0 Å². The van der Waals surface area contributed by atoms with Crippen LogP contribution in [0.25, 0.3) is 11.4 Å². The second kappa shape index (κ2) is 8.05. The molecule has 0 unspecified atom stereocenters. The fourth-order valence-electron chi connectivity index (χ4n) is 2.41. The van der Waals surface area contributed by atoms with Crippen LogP contribution in [0.4, 0.5) is 4.39 Å². The van der Waals surface area contributed by atoms with Crippen molar-refractivity contribution in [2.75, 3.05) is 7.05 Å². The molecule has 128 valence electrons. The summed E-state index contributed by atoms with van der Waals surface area (Å²) < 4.78 is 13.2. The first-order valence-corrected chi connectivity index (χ1v) is 7.88. The van der Waals surface area contributed by atoms with Gasteiger partial charge in [0.2, 0.25) is 0 Å². The number of aliphatic imine (C=N–C) groups is 1.